The number of nitrogens with two attached hydrogens (primary N) is 1. The molecule has 1 amide bonds. The first kappa shape index (κ1) is 14.0. The Bertz CT molecular complexity index is 388. The van der Waals surface area contributed by atoms with Crippen molar-refractivity contribution in [2.45, 2.75) is 37.8 Å². The lowest BCUT2D eigenvalue weighted by Gasteiger charge is -2.22. The molecular weight excluding hydrogens is 240 g/mol. The SMILES string of the molecule is NC(C(=O)NCCC1CCCCO1)c1ccccc1. The molecule has 0 spiro atoms. The van der Waals surface area contributed by atoms with Crippen LogP contribution in [0.15, 0.2) is 30.3 Å². The highest BCUT2D eigenvalue weighted by Crippen LogP contribution is 2.15. The lowest BCUT2D eigenvalue weighted by Crippen LogP contribution is -2.36. The molecular formula is C15H22N2O2. The molecule has 0 bridgehead atoms. The molecule has 4 heteroatoms. The molecule has 1 aromatic rings. The monoisotopic (exact) mass is 262 g/mol. The van der Waals surface area contributed by atoms with E-state index >= 15 is 0 Å². The molecule has 4 nitrogen and oxygen atoms in total. The molecule has 1 aliphatic heterocycles. The first-order chi connectivity index (χ1) is 9.27. The molecule has 104 valence electrons. The summed E-state index contributed by atoms with van der Waals surface area (Å²) < 4.78 is 5.62. The number of benzene rings is 1. The molecule has 2 atom stereocenters. The minimum absolute atomic E-state index is 0.123. The van der Waals surface area contributed by atoms with Gasteiger partial charge in [-0.15, -0.1) is 0 Å². The zero-order valence-electron chi connectivity index (χ0n) is 11.2. The average molecular weight is 262 g/mol. The van der Waals surface area contributed by atoms with Gasteiger partial charge in [0.25, 0.3) is 0 Å². The van der Waals surface area contributed by atoms with Gasteiger partial charge < -0.3 is 15.8 Å². The molecule has 0 saturated carbocycles. The van der Waals surface area contributed by atoms with Gasteiger partial charge in [0.05, 0.1) is 6.10 Å². The Morgan fingerprint density at radius 3 is 2.84 bits per heavy atom. The van der Waals surface area contributed by atoms with Gasteiger partial charge in [-0.25, -0.2) is 0 Å². The summed E-state index contributed by atoms with van der Waals surface area (Å²) in [7, 11) is 0. The summed E-state index contributed by atoms with van der Waals surface area (Å²) in [6.45, 7) is 1.48. The Hall–Kier alpha value is -1.39. The molecule has 0 aromatic heterocycles. The Balaban J connectivity index is 1.72. The fraction of sp³-hybridized carbons (Fsp3) is 0.533. The highest BCUT2D eigenvalue weighted by molar-refractivity contribution is 5.82. The van der Waals surface area contributed by atoms with E-state index in [9.17, 15) is 4.79 Å². The van der Waals surface area contributed by atoms with Crippen molar-refractivity contribution in [2.24, 2.45) is 5.73 Å². The summed E-state index contributed by atoms with van der Waals surface area (Å²) in [6, 6.07) is 8.84. The van der Waals surface area contributed by atoms with Crippen LogP contribution >= 0.6 is 0 Å². The molecule has 1 fully saturated rings. The van der Waals surface area contributed by atoms with Gasteiger partial charge >= 0.3 is 0 Å². The van der Waals surface area contributed by atoms with Gasteiger partial charge in [-0.05, 0) is 31.2 Å². The summed E-state index contributed by atoms with van der Waals surface area (Å²) in [5.74, 6) is -0.123. The second-order valence-corrected chi connectivity index (χ2v) is 4.96. The summed E-state index contributed by atoms with van der Waals surface area (Å²) in [6.07, 6.45) is 4.64. The lowest BCUT2D eigenvalue weighted by molar-refractivity contribution is -0.122. The minimum Gasteiger partial charge on any atom is -0.378 e. The zero-order chi connectivity index (χ0) is 13.5. The Labute approximate surface area is 114 Å². The average Bonchev–Trinajstić information content (AvgIpc) is 2.48. The largest absolute Gasteiger partial charge is 0.378 e. The van der Waals surface area contributed by atoms with Crippen molar-refractivity contribution < 1.29 is 9.53 Å². The van der Waals surface area contributed by atoms with Gasteiger partial charge in [0.1, 0.15) is 6.04 Å². The van der Waals surface area contributed by atoms with E-state index in [1.165, 1.54) is 6.42 Å². The third-order valence-electron chi connectivity index (χ3n) is 3.48. The van der Waals surface area contributed by atoms with Crippen LogP contribution in [0.5, 0.6) is 0 Å². The van der Waals surface area contributed by atoms with E-state index in [-0.39, 0.29) is 5.91 Å². The number of hydrogen-bond acceptors (Lipinski definition) is 3. The number of nitrogens with one attached hydrogen (secondary N) is 1. The predicted molar refractivity (Wildman–Crippen MR) is 74.6 cm³/mol. The number of carbonyl (C=O) groups is 1. The van der Waals surface area contributed by atoms with Crippen LogP contribution in [-0.4, -0.2) is 25.2 Å². The van der Waals surface area contributed by atoms with E-state index < -0.39 is 6.04 Å². The van der Waals surface area contributed by atoms with Crippen LogP contribution in [0.2, 0.25) is 0 Å². The maximum atomic E-state index is 11.9. The maximum absolute atomic E-state index is 11.9. The standard InChI is InChI=1S/C15H22N2O2/c16-14(12-6-2-1-3-7-12)15(18)17-10-9-13-8-4-5-11-19-13/h1-3,6-7,13-14H,4-5,8-11,16H2,(H,17,18). The van der Waals surface area contributed by atoms with Crippen LogP contribution in [0.25, 0.3) is 0 Å². The smallest absolute Gasteiger partial charge is 0.241 e. The van der Waals surface area contributed by atoms with Crippen LogP contribution in [-0.2, 0) is 9.53 Å². The highest BCUT2D eigenvalue weighted by Gasteiger charge is 2.17. The Morgan fingerprint density at radius 1 is 1.37 bits per heavy atom. The molecule has 2 rings (SSSR count). The molecule has 1 heterocycles. The third kappa shape index (κ3) is 4.33. The predicted octanol–water partition coefficient (Wildman–Crippen LogP) is 1.76. The highest BCUT2D eigenvalue weighted by atomic mass is 16.5. The zero-order valence-corrected chi connectivity index (χ0v) is 11.2. The van der Waals surface area contributed by atoms with Crippen LogP contribution in [0, 0.1) is 0 Å². The molecule has 3 N–H and O–H groups in total. The van der Waals surface area contributed by atoms with Crippen molar-refractivity contribution in [1.29, 1.82) is 0 Å². The third-order valence-corrected chi connectivity index (χ3v) is 3.48. The van der Waals surface area contributed by atoms with Gasteiger partial charge in [-0.3, -0.25) is 4.79 Å². The first-order valence-corrected chi connectivity index (χ1v) is 6.97. The molecule has 1 aliphatic rings. The van der Waals surface area contributed by atoms with E-state index in [1.807, 2.05) is 30.3 Å². The summed E-state index contributed by atoms with van der Waals surface area (Å²) in [5.41, 5.74) is 6.76. The van der Waals surface area contributed by atoms with Gasteiger partial charge in [0.15, 0.2) is 0 Å². The van der Waals surface area contributed by atoms with E-state index in [4.69, 9.17) is 10.5 Å². The fourth-order valence-corrected chi connectivity index (χ4v) is 2.31. The van der Waals surface area contributed by atoms with Crippen LogP contribution < -0.4 is 11.1 Å². The van der Waals surface area contributed by atoms with E-state index in [0.717, 1.165) is 31.4 Å². The normalized spacial score (nSPS) is 20.8. The fourth-order valence-electron chi connectivity index (χ4n) is 2.31. The van der Waals surface area contributed by atoms with Crippen molar-refractivity contribution in [2.75, 3.05) is 13.2 Å². The van der Waals surface area contributed by atoms with Crippen LogP contribution in [0.1, 0.15) is 37.3 Å². The van der Waals surface area contributed by atoms with Gasteiger partial charge in [0.2, 0.25) is 5.91 Å². The summed E-state index contributed by atoms with van der Waals surface area (Å²) in [5, 5.41) is 2.88. The molecule has 1 saturated heterocycles. The molecule has 19 heavy (non-hydrogen) atoms. The molecule has 0 radical (unpaired) electrons. The quantitative estimate of drug-likeness (QED) is 0.850. The van der Waals surface area contributed by atoms with Gasteiger partial charge in [-0.1, -0.05) is 30.3 Å². The van der Waals surface area contributed by atoms with Gasteiger partial charge in [0, 0.05) is 13.2 Å². The number of rotatable bonds is 5. The second-order valence-electron chi connectivity index (χ2n) is 4.96. The maximum Gasteiger partial charge on any atom is 0.241 e. The number of amides is 1. The van der Waals surface area contributed by atoms with Crippen molar-refractivity contribution in [3.63, 3.8) is 0 Å². The molecule has 2 unspecified atom stereocenters. The van der Waals surface area contributed by atoms with Crippen molar-refractivity contribution >= 4 is 5.91 Å². The van der Waals surface area contributed by atoms with E-state index in [0.29, 0.717) is 12.6 Å². The van der Waals surface area contributed by atoms with Crippen LogP contribution in [0.4, 0.5) is 0 Å². The number of carbonyl (C=O) groups excluding carboxylic acids is 1. The van der Waals surface area contributed by atoms with Crippen LogP contribution in [0.3, 0.4) is 0 Å². The minimum atomic E-state index is -0.589. The second kappa shape index (κ2) is 7.26. The number of hydrogen-bond donors (Lipinski definition) is 2. The topological polar surface area (TPSA) is 64.4 Å². The molecule has 1 aromatic carbocycles. The summed E-state index contributed by atoms with van der Waals surface area (Å²) >= 11 is 0. The number of ether oxygens (including phenoxy) is 1. The Morgan fingerprint density at radius 2 is 2.16 bits per heavy atom. The molecule has 0 aliphatic carbocycles. The van der Waals surface area contributed by atoms with E-state index in [1.54, 1.807) is 0 Å². The Kier molecular flexibility index (Phi) is 5.36. The van der Waals surface area contributed by atoms with Gasteiger partial charge in [-0.2, -0.15) is 0 Å². The lowest BCUT2D eigenvalue weighted by atomic mass is 10.1. The summed E-state index contributed by atoms with van der Waals surface area (Å²) in [4.78, 5) is 11.9. The first-order valence-electron chi connectivity index (χ1n) is 6.97. The van der Waals surface area contributed by atoms with Crippen molar-refractivity contribution in [3.05, 3.63) is 35.9 Å². The van der Waals surface area contributed by atoms with Crippen molar-refractivity contribution in [3.8, 4) is 0 Å². The van der Waals surface area contributed by atoms with Crippen molar-refractivity contribution in [1.82, 2.24) is 5.32 Å². The van der Waals surface area contributed by atoms with E-state index in [2.05, 4.69) is 5.32 Å².